The molecule has 0 amide bonds. The lowest BCUT2D eigenvalue weighted by atomic mass is 9.92. The van der Waals surface area contributed by atoms with Crippen molar-refractivity contribution in [3.05, 3.63) is 0 Å². The van der Waals surface area contributed by atoms with Crippen molar-refractivity contribution in [3.8, 4) is 0 Å². The normalized spacial score (nSPS) is 23.1. The smallest absolute Gasteiger partial charge is 0.00936 e. The molecule has 2 saturated carbocycles. The van der Waals surface area contributed by atoms with E-state index >= 15 is 0 Å². The highest BCUT2D eigenvalue weighted by Gasteiger charge is 2.31. The molecular weight excluding hydrogens is 172 g/mol. The van der Waals surface area contributed by atoms with Gasteiger partial charge in [-0.3, -0.25) is 0 Å². The third kappa shape index (κ3) is 3.25. The lowest BCUT2D eigenvalue weighted by molar-refractivity contribution is 0.197. The average Bonchev–Trinajstić information content (AvgIpc) is 2.95. The number of nitrogens with one attached hydrogen (secondary N) is 1. The molecule has 2 aliphatic carbocycles. The second kappa shape index (κ2) is 3.82. The SMILES string of the molecule is CN(CC(C)(C)CNC1CC1)C1CC1. The first-order valence-electron chi connectivity index (χ1n) is 6.00. The molecule has 0 radical (unpaired) electrons. The minimum Gasteiger partial charge on any atom is -0.313 e. The monoisotopic (exact) mass is 196 g/mol. The van der Waals surface area contributed by atoms with Crippen LogP contribution < -0.4 is 5.32 Å². The number of nitrogens with zero attached hydrogens (tertiary/aromatic N) is 1. The van der Waals surface area contributed by atoms with Crippen molar-refractivity contribution in [1.29, 1.82) is 0 Å². The van der Waals surface area contributed by atoms with E-state index in [1.807, 2.05) is 0 Å². The highest BCUT2D eigenvalue weighted by molar-refractivity contribution is 4.88. The molecule has 0 unspecified atom stereocenters. The van der Waals surface area contributed by atoms with E-state index in [4.69, 9.17) is 0 Å². The summed E-state index contributed by atoms with van der Waals surface area (Å²) in [5.74, 6) is 0. The molecule has 2 rings (SSSR count). The first kappa shape index (κ1) is 10.4. The molecule has 0 heterocycles. The fourth-order valence-corrected chi connectivity index (χ4v) is 2.08. The zero-order chi connectivity index (χ0) is 10.2. The van der Waals surface area contributed by atoms with Crippen molar-refractivity contribution in [2.24, 2.45) is 5.41 Å². The second-order valence-electron chi connectivity index (χ2n) is 5.97. The Balaban J connectivity index is 1.68. The van der Waals surface area contributed by atoms with Gasteiger partial charge in [-0.15, -0.1) is 0 Å². The molecule has 0 aliphatic heterocycles. The maximum absolute atomic E-state index is 3.63. The summed E-state index contributed by atoms with van der Waals surface area (Å²) < 4.78 is 0. The molecule has 2 aliphatic rings. The quantitative estimate of drug-likeness (QED) is 0.697. The van der Waals surface area contributed by atoms with E-state index in [1.54, 1.807) is 0 Å². The molecule has 2 nitrogen and oxygen atoms in total. The molecule has 1 N–H and O–H groups in total. The van der Waals surface area contributed by atoms with Gasteiger partial charge in [-0.05, 0) is 38.1 Å². The van der Waals surface area contributed by atoms with Gasteiger partial charge in [-0.2, -0.15) is 0 Å². The van der Waals surface area contributed by atoms with Crippen molar-refractivity contribution < 1.29 is 0 Å². The summed E-state index contributed by atoms with van der Waals surface area (Å²) in [7, 11) is 2.27. The highest BCUT2D eigenvalue weighted by atomic mass is 15.2. The van der Waals surface area contributed by atoms with Gasteiger partial charge in [-0.1, -0.05) is 13.8 Å². The van der Waals surface area contributed by atoms with Crippen LogP contribution in [0, 0.1) is 5.41 Å². The van der Waals surface area contributed by atoms with Crippen LogP contribution in [0.4, 0.5) is 0 Å². The fourth-order valence-electron chi connectivity index (χ4n) is 2.08. The third-order valence-corrected chi connectivity index (χ3v) is 3.29. The Morgan fingerprint density at radius 1 is 1.21 bits per heavy atom. The average molecular weight is 196 g/mol. The summed E-state index contributed by atoms with van der Waals surface area (Å²) in [4.78, 5) is 2.54. The topological polar surface area (TPSA) is 15.3 Å². The van der Waals surface area contributed by atoms with Crippen LogP contribution in [0.15, 0.2) is 0 Å². The molecule has 0 aromatic heterocycles. The molecular formula is C12H24N2. The van der Waals surface area contributed by atoms with E-state index in [9.17, 15) is 0 Å². The van der Waals surface area contributed by atoms with Gasteiger partial charge in [0.2, 0.25) is 0 Å². The van der Waals surface area contributed by atoms with E-state index in [-0.39, 0.29) is 0 Å². The van der Waals surface area contributed by atoms with Gasteiger partial charge in [0.05, 0.1) is 0 Å². The van der Waals surface area contributed by atoms with Crippen LogP contribution in [0.3, 0.4) is 0 Å². The molecule has 14 heavy (non-hydrogen) atoms. The maximum atomic E-state index is 3.63. The van der Waals surface area contributed by atoms with Gasteiger partial charge in [0.25, 0.3) is 0 Å². The van der Waals surface area contributed by atoms with Gasteiger partial charge in [0.1, 0.15) is 0 Å². The Hall–Kier alpha value is -0.0800. The largest absolute Gasteiger partial charge is 0.313 e. The molecule has 0 bridgehead atoms. The van der Waals surface area contributed by atoms with Crippen molar-refractivity contribution >= 4 is 0 Å². The first-order valence-corrected chi connectivity index (χ1v) is 6.00. The van der Waals surface area contributed by atoms with Gasteiger partial charge >= 0.3 is 0 Å². The van der Waals surface area contributed by atoms with Gasteiger partial charge < -0.3 is 10.2 Å². The molecule has 2 fully saturated rings. The summed E-state index contributed by atoms with van der Waals surface area (Å²) in [5, 5.41) is 3.63. The molecule has 0 aromatic carbocycles. The number of hydrogen-bond donors (Lipinski definition) is 1. The van der Waals surface area contributed by atoms with Crippen LogP contribution in [0.25, 0.3) is 0 Å². The fraction of sp³-hybridized carbons (Fsp3) is 1.00. The van der Waals surface area contributed by atoms with E-state index in [0.717, 1.165) is 12.1 Å². The molecule has 0 saturated heterocycles. The van der Waals surface area contributed by atoms with Crippen molar-refractivity contribution in [1.82, 2.24) is 10.2 Å². The number of rotatable bonds is 6. The highest BCUT2D eigenvalue weighted by Crippen LogP contribution is 2.29. The molecule has 0 spiro atoms. The third-order valence-electron chi connectivity index (χ3n) is 3.29. The predicted octanol–water partition coefficient (Wildman–Crippen LogP) is 1.86. The standard InChI is InChI=1S/C12H24N2/c1-12(2,8-13-10-4-5-10)9-14(3)11-6-7-11/h10-11,13H,4-9H2,1-3H3. The number of hydrogen-bond acceptors (Lipinski definition) is 2. The van der Waals surface area contributed by atoms with Crippen LogP contribution in [0.1, 0.15) is 39.5 Å². The Morgan fingerprint density at radius 3 is 2.36 bits per heavy atom. The molecule has 2 heteroatoms. The van der Waals surface area contributed by atoms with Crippen LogP contribution in [0.2, 0.25) is 0 Å². The Bertz CT molecular complexity index is 192. The van der Waals surface area contributed by atoms with Crippen molar-refractivity contribution in [2.75, 3.05) is 20.1 Å². The molecule has 0 atom stereocenters. The van der Waals surface area contributed by atoms with Gasteiger partial charge in [0.15, 0.2) is 0 Å². The van der Waals surface area contributed by atoms with Crippen LogP contribution >= 0.6 is 0 Å². The minimum absolute atomic E-state index is 0.430. The molecule has 82 valence electrons. The minimum atomic E-state index is 0.430. The summed E-state index contributed by atoms with van der Waals surface area (Å²) in [6.07, 6.45) is 5.63. The van der Waals surface area contributed by atoms with Crippen molar-refractivity contribution in [3.63, 3.8) is 0 Å². The Morgan fingerprint density at radius 2 is 1.86 bits per heavy atom. The van der Waals surface area contributed by atoms with Crippen LogP contribution in [0.5, 0.6) is 0 Å². The summed E-state index contributed by atoms with van der Waals surface area (Å²) in [6.45, 7) is 7.16. The summed E-state index contributed by atoms with van der Waals surface area (Å²) in [5.41, 5.74) is 0.430. The lowest BCUT2D eigenvalue weighted by Gasteiger charge is -2.30. The van der Waals surface area contributed by atoms with E-state index in [0.29, 0.717) is 5.41 Å². The lowest BCUT2D eigenvalue weighted by Crippen LogP contribution is -2.40. The van der Waals surface area contributed by atoms with E-state index in [1.165, 1.54) is 38.8 Å². The predicted molar refractivity (Wildman–Crippen MR) is 60.5 cm³/mol. The first-order chi connectivity index (χ1) is 6.57. The Kier molecular flexibility index (Phi) is 2.85. The summed E-state index contributed by atoms with van der Waals surface area (Å²) >= 11 is 0. The zero-order valence-electron chi connectivity index (χ0n) is 9.84. The van der Waals surface area contributed by atoms with Crippen LogP contribution in [-0.2, 0) is 0 Å². The van der Waals surface area contributed by atoms with Gasteiger partial charge in [-0.25, -0.2) is 0 Å². The molecule has 0 aromatic rings. The van der Waals surface area contributed by atoms with E-state index in [2.05, 4.69) is 31.1 Å². The Labute approximate surface area is 88.1 Å². The van der Waals surface area contributed by atoms with Gasteiger partial charge in [0, 0.05) is 25.2 Å². The van der Waals surface area contributed by atoms with E-state index < -0.39 is 0 Å². The summed E-state index contributed by atoms with van der Waals surface area (Å²) in [6, 6.07) is 1.75. The van der Waals surface area contributed by atoms with Crippen LogP contribution in [-0.4, -0.2) is 37.1 Å². The maximum Gasteiger partial charge on any atom is 0.00936 e. The van der Waals surface area contributed by atoms with Crippen molar-refractivity contribution in [2.45, 2.75) is 51.6 Å². The second-order valence-corrected chi connectivity index (χ2v) is 5.97. The zero-order valence-corrected chi connectivity index (χ0v) is 9.84.